The van der Waals surface area contributed by atoms with Gasteiger partial charge in [-0.3, -0.25) is 4.99 Å². The van der Waals surface area contributed by atoms with E-state index in [1.54, 1.807) is 11.3 Å². The van der Waals surface area contributed by atoms with Gasteiger partial charge in [0.25, 0.3) is 0 Å². The molecule has 132 valence electrons. The molecule has 1 atom stereocenters. The molecule has 0 N–H and O–H groups in total. The van der Waals surface area contributed by atoms with Gasteiger partial charge < -0.3 is 0 Å². The SMILES string of the molecule is c1ccc(CC(N=C(c2ccccc2)c2ccccc2)c2nccs2)cc1. The van der Waals surface area contributed by atoms with Crippen LogP contribution < -0.4 is 0 Å². The zero-order chi connectivity index (χ0) is 18.3. The van der Waals surface area contributed by atoms with Crippen LogP contribution in [-0.4, -0.2) is 10.7 Å². The lowest BCUT2D eigenvalue weighted by molar-refractivity contribution is 0.718. The number of benzene rings is 3. The first-order chi connectivity index (χ1) is 13.4. The van der Waals surface area contributed by atoms with E-state index in [9.17, 15) is 0 Å². The van der Waals surface area contributed by atoms with Gasteiger partial charge in [0.2, 0.25) is 0 Å². The highest BCUT2D eigenvalue weighted by Crippen LogP contribution is 2.26. The van der Waals surface area contributed by atoms with Crippen molar-refractivity contribution in [2.45, 2.75) is 12.5 Å². The normalized spacial score (nSPS) is 11.7. The van der Waals surface area contributed by atoms with E-state index < -0.39 is 0 Å². The Balaban J connectivity index is 1.79. The zero-order valence-electron chi connectivity index (χ0n) is 14.9. The first kappa shape index (κ1) is 17.4. The number of rotatable bonds is 6. The average molecular weight is 369 g/mol. The van der Waals surface area contributed by atoms with Crippen LogP contribution in [0.2, 0.25) is 0 Å². The molecule has 1 unspecified atom stereocenters. The van der Waals surface area contributed by atoms with Crippen LogP contribution in [0.15, 0.2) is 108 Å². The Morgan fingerprint density at radius 1 is 0.778 bits per heavy atom. The van der Waals surface area contributed by atoms with Crippen LogP contribution in [0.3, 0.4) is 0 Å². The van der Waals surface area contributed by atoms with Gasteiger partial charge in [0.05, 0.1) is 5.71 Å². The summed E-state index contributed by atoms with van der Waals surface area (Å²) in [6, 6.07) is 31.3. The lowest BCUT2D eigenvalue weighted by Crippen LogP contribution is -2.09. The molecule has 0 aliphatic rings. The molecule has 3 heteroatoms. The lowest BCUT2D eigenvalue weighted by atomic mass is 10.0. The molecule has 0 fully saturated rings. The summed E-state index contributed by atoms with van der Waals surface area (Å²) in [5.41, 5.74) is 4.52. The fourth-order valence-electron chi connectivity index (χ4n) is 3.09. The highest BCUT2D eigenvalue weighted by Gasteiger charge is 2.17. The monoisotopic (exact) mass is 368 g/mol. The second-order valence-electron chi connectivity index (χ2n) is 6.29. The average Bonchev–Trinajstić information content (AvgIpc) is 3.28. The molecule has 0 saturated carbocycles. The topological polar surface area (TPSA) is 25.2 Å². The summed E-state index contributed by atoms with van der Waals surface area (Å²) >= 11 is 1.66. The molecule has 0 aliphatic carbocycles. The second kappa shape index (κ2) is 8.56. The van der Waals surface area contributed by atoms with Crippen molar-refractivity contribution in [1.82, 2.24) is 4.98 Å². The van der Waals surface area contributed by atoms with Crippen molar-refractivity contribution in [3.8, 4) is 0 Å². The Kier molecular flexibility index (Phi) is 5.51. The molecule has 0 spiro atoms. The van der Waals surface area contributed by atoms with Gasteiger partial charge in [-0.05, 0) is 5.56 Å². The highest BCUT2D eigenvalue weighted by molar-refractivity contribution is 7.09. The summed E-state index contributed by atoms with van der Waals surface area (Å²) in [7, 11) is 0. The maximum Gasteiger partial charge on any atom is 0.117 e. The molecular formula is C24H20N2S. The van der Waals surface area contributed by atoms with Crippen molar-refractivity contribution < 1.29 is 0 Å². The van der Waals surface area contributed by atoms with Crippen molar-refractivity contribution in [2.75, 3.05) is 0 Å². The Bertz CT molecular complexity index is 937. The third-order valence-corrected chi connectivity index (χ3v) is 5.26. The van der Waals surface area contributed by atoms with Crippen molar-refractivity contribution in [3.05, 3.63) is 124 Å². The molecule has 4 rings (SSSR count). The summed E-state index contributed by atoms with van der Waals surface area (Å²) in [4.78, 5) is 9.78. The minimum atomic E-state index is -0.0113. The maximum absolute atomic E-state index is 5.22. The standard InChI is InChI=1S/C24H20N2S/c1-4-10-19(11-5-1)18-22(24-25-16-17-27-24)26-23(20-12-6-2-7-13-20)21-14-8-3-9-15-21/h1-17,22H,18H2. The van der Waals surface area contributed by atoms with Gasteiger partial charge in [0, 0.05) is 29.1 Å². The molecule has 1 aromatic heterocycles. The first-order valence-corrected chi connectivity index (χ1v) is 9.90. The van der Waals surface area contributed by atoms with Gasteiger partial charge in [-0.25, -0.2) is 4.98 Å². The smallest absolute Gasteiger partial charge is 0.117 e. The van der Waals surface area contributed by atoms with E-state index >= 15 is 0 Å². The van der Waals surface area contributed by atoms with Crippen LogP contribution in [0.5, 0.6) is 0 Å². The Morgan fingerprint density at radius 3 is 1.85 bits per heavy atom. The Morgan fingerprint density at radius 2 is 1.33 bits per heavy atom. The van der Waals surface area contributed by atoms with E-state index in [0.29, 0.717) is 0 Å². The summed E-state index contributed by atoms with van der Waals surface area (Å²) in [6.45, 7) is 0. The third kappa shape index (κ3) is 4.39. The fraction of sp³-hybridized carbons (Fsp3) is 0.0833. The number of aliphatic imine (C=N–C) groups is 1. The number of aromatic nitrogens is 1. The molecule has 27 heavy (non-hydrogen) atoms. The largest absolute Gasteiger partial charge is 0.273 e. The predicted molar refractivity (Wildman–Crippen MR) is 114 cm³/mol. The van der Waals surface area contributed by atoms with Crippen LogP contribution in [0, 0.1) is 0 Å². The van der Waals surface area contributed by atoms with E-state index in [1.807, 2.05) is 29.8 Å². The summed E-state index contributed by atoms with van der Waals surface area (Å²) in [6.07, 6.45) is 2.69. The van der Waals surface area contributed by atoms with Crippen molar-refractivity contribution in [3.63, 3.8) is 0 Å². The van der Waals surface area contributed by atoms with E-state index in [1.165, 1.54) is 5.56 Å². The summed E-state index contributed by atoms with van der Waals surface area (Å²) in [5, 5.41) is 3.07. The van der Waals surface area contributed by atoms with Crippen LogP contribution in [0.1, 0.15) is 27.7 Å². The van der Waals surface area contributed by atoms with Crippen molar-refractivity contribution in [1.29, 1.82) is 0 Å². The number of hydrogen-bond donors (Lipinski definition) is 0. The first-order valence-electron chi connectivity index (χ1n) is 9.02. The molecular weight excluding hydrogens is 348 g/mol. The Hall–Kier alpha value is -3.04. The Labute approximate surface area is 163 Å². The minimum Gasteiger partial charge on any atom is -0.273 e. The van der Waals surface area contributed by atoms with Gasteiger partial charge in [-0.2, -0.15) is 0 Å². The van der Waals surface area contributed by atoms with Crippen LogP contribution in [-0.2, 0) is 6.42 Å². The van der Waals surface area contributed by atoms with Gasteiger partial charge in [-0.1, -0.05) is 91.0 Å². The molecule has 0 amide bonds. The van der Waals surface area contributed by atoms with Crippen LogP contribution >= 0.6 is 11.3 Å². The highest BCUT2D eigenvalue weighted by atomic mass is 32.1. The minimum absolute atomic E-state index is 0.0113. The predicted octanol–water partition coefficient (Wildman–Crippen LogP) is 5.96. The van der Waals surface area contributed by atoms with E-state index in [4.69, 9.17) is 4.99 Å². The molecule has 0 saturated heterocycles. The molecule has 4 aromatic rings. The number of thiazole rings is 1. The molecule has 1 heterocycles. The molecule has 3 aromatic carbocycles. The van der Waals surface area contributed by atoms with Gasteiger partial charge in [0.15, 0.2) is 0 Å². The zero-order valence-corrected chi connectivity index (χ0v) is 15.7. The number of hydrogen-bond acceptors (Lipinski definition) is 3. The van der Waals surface area contributed by atoms with E-state index in [-0.39, 0.29) is 6.04 Å². The second-order valence-corrected chi connectivity index (χ2v) is 7.21. The van der Waals surface area contributed by atoms with Crippen molar-refractivity contribution >= 4 is 17.0 Å². The van der Waals surface area contributed by atoms with Crippen molar-refractivity contribution in [2.24, 2.45) is 4.99 Å². The molecule has 0 aliphatic heterocycles. The van der Waals surface area contributed by atoms with E-state index in [0.717, 1.165) is 28.3 Å². The maximum atomic E-state index is 5.22. The summed E-state index contributed by atoms with van der Waals surface area (Å²) in [5.74, 6) is 0. The quantitative estimate of drug-likeness (QED) is 0.385. The lowest BCUT2D eigenvalue weighted by Gasteiger charge is -2.14. The van der Waals surface area contributed by atoms with Crippen LogP contribution in [0.4, 0.5) is 0 Å². The molecule has 2 nitrogen and oxygen atoms in total. The van der Waals surface area contributed by atoms with Gasteiger partial charge in [0.1, 0.15) is 11.0 Å². The molecule has 0 radical (unpaired) electrons. The fourth-order valence-corrected chi connectivity index (χ4v) is 3.76. The summed E-state index contributed by atoms with van der Waals surface area (Å²) < 4.78 is 0. The van der Waals surface area contributed by atoms with E-state index in [2.05, 4.69) is 77.8 Å². The number of nitrogens with zero attached hydrogens (tertiary/aromatic N) is 2. The molecule has 0 bridgehead atoms. The van der Waals surface area contributed by atoms with Crippen LogP contribution in [0.25, 0.3) is 0 Å². The van der Waals surface area contributed by atoms with Gasteiger partial charge in [-0.15, -0.1) is 11.3 Å². The third-order valence-electron chi connectivity index (χ3n) is 4.39. The van der Waals surface area contributed by atoms with Gasteiger partial charge >= 0.3 is 0 Å².